The fraction of sp³-hybridized carbons (Fsp3) is 0.476. The fourth-order valence-corrected chi connectivity index (χ4v) is 3.86. The van der Waals surface area contributed by atoms with Crippen LogP contribution in [0.5, 0.6) is 5.75 Å². The van der Waals surface area contributed by atoms with E-state index in [1.54, 1.807) is 18.2 Å². The van der Waals surface area contributed by atoms with Crippen molar-refractivity contribution in [3.8, 4) is 5.75 Å². The molecular formula is C21H24F3N3O2. The van der Waals surface area contributed by atoms with Gasteiger partial charge in [0.2, 0.25) is 0 Å². The Morgan fingerprint density at radius 1 is 1.21 bits per heavy atom. The van der Waals surface area contributed by atoms with Gasteiger partial charge < -0.3 is 18.7 Å². The molecule has 0 unspecified atom stereocenters. The highest BCUT2D eigenvalue weighted by Crippen LogP contribution is 2.31. The standard InChI is InChI=1S/C21H24F3N3O2/c1-15-13-17(29-25-15)7-11-26-9-5-16(6-10-26)28-20-4-2-3-19-18(20)8-12-27(19)14-21(22,23)24/h2-4,8,12-13,16H,5-7,9-11,14H2,1H3. The third-order valence-corrected chi connectivity index (χ3v) is 5.30. The number of piperidine rings is 1. The summed E-state index contributed by atoms with van der Waals surface area (Å²) in [6, 6.07) is 8.94. The van der Waals surface area contributed by atoms with E-state index in [1.807, 2.05) is 19.1 Å². The highest BCUT2D eigenvalue weighted by atomic mass is 19.4. The van der Waals surface area contributed by atoms with Crippen LogP contribution in [0.25, 0.3) is 10.9 Å². The van der Waals surface area contributed by atoms with Gasteiger partial charge in [-0.25, -0.2) is 0 Å². The predicted molar refractivity (Wildman–Crippen MR) is 103 cm³/mol. The molecule has 1 aliphatic rings. The summed E-state index contributed by atoms with van der Waals surface area (Å²) in [4.78, 5) is 2.37. The maximum Gasteiger partial charge on any atom is 0.406 e. The average Bonchev–Trinajstić information content (AvgIpc) is 3.27. The van der Waals surface area contributed by atoms with Crippen molar-refractivity contribution in [1.82, 2.24) is 14.6 Å². The van der Waals surface area contributed by atoms with Gasteiger partial charge in [0.05, 0.1) is 11.2 Å². The number of ether oxygens (including phenoxy) is 1. The van der Waals surface area contributed by atoms with Gasteiger partial charge in [-0.1, -0.05) is 11.2 Å². The van der Waals surface area contributed by atoms with Crippen LogP contribution in [0.3, 0.4) is 0 Å². The van der Waals surface area contributed by atoms with Crippen molar-refractivity contribution in [2.24, 2.45) is 0 Å². The molecule has 8 heteroatoms. The van der Waals surface area contributed by atoms with Crippen molar-refractivity contribution in [3.63, 3.8) is 0 Å². The smallest absolute Gasteiger partial charge is 0.406 e. The lowest BCUT2D eigenvalue weighted by atomic mass is 10.1. The summed E-state index contributed by atoms with van der Waals surface area (Å²) in [7, 11) is 0. The van der Waals surface area contributed by atoms with Crippen LogP contribution in [-0.4, -0.2) is 46.5 Å². The molecule has 0 aliphatic carbocycles. The minimum atomic E-state index is -4.25. The van der Waals surface area contributed by atoms with E-state index in [0.717, 1.165) is 55.7 Å². The van der Waals surface area contributed by atoms with Crippen molar-refractivity contribution in [2.45, 2.75) is 45.0 Å². The maximum atomic E-state index is 12.8. The van der Waals surface area contributed by atoms with Crippen LogP contribution in [0.2, 0.25) is 0 Å². The molecule has 0 N–H and O–H groups in total. The van der Waals surface area contributed by atoms with Crippen LogP contribution in [0.15, 0.2) is 41.1 Å². The highest BCUT2D eigenvalue weighted by molar-refractivity contribution is 5.86. The molecule has 0 radical (unpaired) electrons. The highest BCUT2D eigenvalue weighted by Gasteiger charge is 2.28. The molecule has 156 valence electrons. The van der Waals surface area contributed by atoms with Crippen LogP contribution in [-0.2, 0) is 13.0 Å². The predicted octanol–water partition coefficient (Wildman–Crippen LogP) is 4.59. The van der Waals surface area contributed by atoms with Gasteiger partial charge in [0.1, 0.15) is 24.2 Å². The van der Waals surface area contributed by atoms with Crippen LogP contribution in [0.4, 0.5) is 13.2 Å². The third-order valence-electron chi connectivity index (χ3n) is 5.30. The van der Waals surface area contributed by atoms with Crippen molar-refractivity contribution < 1.29 is 22.4 Å². The first-order valence-corrected chi connectivity index (χ1v) is 9.83. The largest absolute Gasteiger partial charge is 0.490 e. The normalized spacial score (nSPS) is 16.6. The number of benzene rings is 1. The molecule has 1 fully saturated rings. The Morgan fingerprint density at radius 2 is 2.00 bits per heavy atom. The van der Waals surface area contributed by atoms with E-state index in [0.29, 0.717) is 11.3 Å². The number of alkyl halides is 3. The van der Waals surface area contributed by atoms with Crippen LogP contribution < -0.4 is 4.74 Å². The molecule has 3 heterocycles. The zero-order chi connectivity index (χ0) is 20.4. The van der Waals surface area contributed by atoms with E-state index in [9.17, 15) is 13.2 Å². The molecular weight excluding hydrogens is 383 g/mol. The number of hydrogen-bond acceptors (Lipinski definition) is 4. The zero-order valence-electron chi connectivity index (χ0n) is 16.3. The SMILES string of the molecule is Cc1cc(CCN2CCC(Oc3cccc4c3ccn4CC(F)(F)F)CC2)on1. The molecule has 29 heavy (non-hydrogen) atoms. The molecule has 0 bridgehead atoms. The van der Waals surface area contributed by atoms with Gasteiger partial charge in [-0.15, -0.1) is 0 Å². The van der Waals surface area contributed by atoms with Crippen molar-refractivity contribution in [2.75, 3.05) is 19.6 Å². The Balaban J connectivity index is 1.34. The maximum absolute atomic E-state index is 12.8. The Bertz CT molecular complexity index is 956. The number of rotatable bonds is 6. The number of likely N-dealkylation sites (tertiary alicyclic amines) is 1. The minimum Gasteiger partial charge on any atom is -0.490 e. The van der Waals surface area contributed by atoms with Gasteiger partial charge in [0.25, 0.3) is 0 Å². The number of hydrogen-bond donors (Lipinski definition) is 0. The van der Waals surface area contributed by atoms with E-state index < -0.39 is 12.7 Å². The molecule has 2 aromatic heterocycles. The molecule has 1 aromatic carbocycles. The summed E-state index contributed by atoms with van der Waals surface area (Å²) in [6.07, 6.45) is -0.114. The second-order valence-electron chi connectivity index (χ2n) is 7.59. The summed E-state index contributed by atoms with van der Waals surface area (Å²) in [5.74, 6) is 1.55. The average molecular weight is 407 g/mol. The summed E-state index contributed by atoms with van der Waals surface area (Å²) < 4.78 is 50.9. The second-order valence-corrected chi connectivity index (χ2v) is 7.59. The van der Waals surface area contributed by atoms with Crippen molar-refractivity contribution >= 4 is 10.9 Å². The fourth-order valence-electron chi connectivity index (χ4n) is 3.86. The first-order valence-electron chi connectivity index (χ1n) is 9.83. The van der Waals surface area contributed by atoms with Gasteiger partial charge in [-0.2, -0.15) is 13.2 Å². The summed E-state index contributed by atoms with van der Waals surface area (Å²) in [5, 5.41) is 4.63. The number of fused-ring (bicyclic) bond motifs is 1. The van der Waals surface area contributed by atoms with Crippen LogP contribution >= 0.6 is 0 Å². The molecule has 3 aromatic rings. The Kier molecular flexibility index (Phi) is 5.54. The molecule has 4 rings (SSSR count). The number of nitrogens with zero attached hydrogens (tertiary/aromatic N) is 3. The third kappa shape index (κ3) is 4.93. The van der Waals surface area contributed by atoms with Gasteiger partial charge in [0, 0.05) is 43.7 Å². The Labute approximate surface area is 167 Å². The summed E-state index contributed by atoms with van der Waals surface area (Å²) in [6.45, 7) is 3.67. The van der Waals surface area contributed by atoms with E-state index in [1.165, 1.54) is 10.8 Å². The van der Waals surface area contributed by atoms with E-state index in [2.05, 4.69) is 10.1 Å². The first-order chi connectivity index (χ1) is 13.9. The second kappa shape index (κ2) is 8.10. The van der Waals surface area contributed by atoms with Gasteiger partial charge >= 0.3 is 6.18 Å². The number of aromatic nitrogens is 2. The summed E-state index contributed by atoms with van der Waals surface area (Å²) in [5.41, 5.74) is 1.44. The van der Waals surface area contributed by atoms with E-state index in [-0.39, 0.29) is 6.10 Å². The lowest BCUT2D eigenvalue weighted by Gasteiger charge is -2.32. The first kappa shape index (κ1) is 19.8. The van der Waals surface area contributed by atoms with Crippen molar-refractivity contribution in [3.05, 3.63) is 48.0 Å². The quantitative estimate of drug-likeness (QED) is 0.600. The molecule has 0 amide bonds. The molecule has 5 nitrogen and oxygen atoms in total. The molecule has 1 saturated heterocycles. The topological polar surface area (TPSA) is 43.4 Å². The molecule has 0 saturated carbocycles. The zero-order valence-corrected chi connectivity index (χ0v) is 16.3. The molecule has 0 spiro atoms. The molecule has 0 atom stereocenters. The lowest BCUT2D eigenvalue weighted by Crippen LogP contribution is -2.39. The van der Waals surface area contributed by atoms with Gasteiger partial charge in [-0.3, -0.25) is 0 Å². The Morgan fingerprint density at radius 3 is 2.69 bits per heavy atom. The number of aryl methyl sites for hydroxylation is 1. The van der Waals surface area contributed by atoms with Crippen LogP contribution in [0, 0.1) is 6.92 Å². The lowest BCUT2D eigenvalue weighted by molar-refractivity contribution is -0.139. The summed E-state index contributed by atoms with van der Waals surface area (Å²) >= 11 is 0. The van der Waals surface area contributed by atoms with Crippen LogP contribution in [0.1, 0.15) is 24.3 Å². The van der Waals surface area contributed by atoms with E-state index >= 15 is 0 Å². The Hall–Kier alpha value is -2.48. The monoisotopic (exact) mass is 407 g/mol. The van der Waals surface area contributed by atoms with E-state index in [4.69, 9.17) is 9.26 Å². The van der Waals surface area contributed by atoms with Crippen molar-refractivity contribution in [1.29, 1.82) is 0 Å². The minimum absolute atomic E-state index is 0.0651. The van der Waals surface area contributed by atoms with Gasteiger partial charge in [0.15, 0.2) is 0 Å². The van der Waals surface area contributed by atoms with Gasteiger partial charge in [-0.05, 0) is 38.0 Å². The molecule has 1 aliphatic heterocycles. The number of halogens is 3.